The van der Waals surface area contributed by atoms with Crippen LogP contribution in [0.4, 0.5) is 15.4 Å². The first kappa shape index (κ1) is 18.4. The molecule has 0 aliphatic heterocycles. The van der Waals surface area contributed by atoms with Crippen molar-refractivity contribution in [3.05, 3.63) is 22.8 Å². The maximum Gasteiger partial charge on any atom is 0.425 e. The number of aromatic nitrogens is 1. The highest BCUT2D eigenvalue weighted by Gasteiger charge is 2.33. The Bertz CT molecular complexity index is 533. The van der Waals surface area contributed by atoms with Gasteiger partial charge < -0.3 is 9.47 Å². The van der Waals surface area contributed by atoms with Crippen molar-refractivity contribution in [2.24, 2.45) is 0 Å². The van der Waals surface area contributed by atoms with E-state index < -0.39 is 23.4 Å². The van der Waals surface area contributed by atoms with Crippen molar-refractivity contribution in [2.45, 2.75) is 52.7 Å². The smallest absolute Gasteiger partial charge is 0.425 e. The zero-order valence-corrected chi connectivity index (χ0v) is 15.2. The maximum absolute atomic E-state index is 12.3. The van der Waals surface area contributed by atoms with Gasteiger partial charge in [-0.3, -0.25) is 0 Å². The summed E-state index contributed by atoms with van der Waals surface area (Å²) in [5.74, 6) is 0.123. The van der Waals surface area contributed by atoms with Gasteiger partial charge in [-0.15, -0.1) is 0 Å². The molecular weight excluding hydrogens is 352 g/mol. The molecular formula is C15H21BrN2O4. The van der Waals surface area contributed by atoms with E-state index in [1.165, 1.54) is 12.3 Å². The summed E-state index contributed by atoms with van der Waals surface area (Å²) in [6.07, 6.45) is -0.207. The Labute approximate surface area is 138 Å². The number of nitrogens with zero attached hydrogens (tertiary/aromatic N) is 2. The van der Waals surface area contributed by atoms with E-state index in [1.54, 1.807) is 47.6 Å². The van der Waals surface area contributed by atoms with Gasteiger partial charge in [-0.05, 0) is 53.7 Å². The topological polar surface area (TPSA) is 68.7 Å². The molecule has 1 aromatic rings. The van der Waals surface area contributed by atoms with E-state index in [0.29, 0.717) is 4.47 Å². The molecule has 0 aliphatic rings. The quantitative estimate of drug-likeness (QED) is 0.724. The predicted octanol–water partition coefficient (Wildman–Crippen LogP) is 4.52. The van der Waals surface area contributed by atoms with Gasteiger partial charge in [0.05, 0.1) is 0 Å². The average molecular weight is 373 g/mol. The lowest BCUT2D eigenvalue weighted by Gasteiger charge is -2.28. The fraction of sp³-hybridized carbons (Fsp3) is 0.533. The molecule has 1 aromatic heterocycles. The number of hydrogen-bond acceptors (Lipinski definition) is 5. The molecule has 7 heteroatoms. The van der Waals surface area contributed by atoms with Gasteiger partial charge in [-0.2, -0.15) is 4.90 Å². The van der Waals surface area contributed by atoms with Crippen LogP contribution in [0, 0.1) is 0 Å². The highest BCUT2D eigenvalue weighted by molar-refractivity contribution is 9.10. The van der Waals surface area contributed by atoms with Gasteiger partial charge in [0.15, 0.2) is 0 Å². The fourth-order valence-corrected chi connectivity index (χ4v) is 1.72. The number of anilines is 1. The molecule has 1 heterocycles. The number of halogens is 1. The van der Waals surface area contributed by atoms with Crippen LogP contribution in [0.15, 0.2) is 22.8 Å². The summed E-state index contributed by atoms with van der Waals surface area (Å²) >= 11 is 3.28. The van der Waals surface area contributed by atoms with E-state index in [2.05, 4.69) is 20.9 Å². The summed E-state index contributed by atoms with van der Waals surface area (Å²) in [4.78, 5) is 29.5. The van der Waals surface area contributed by atoms with Crippen LogP contribution in [-0.2, 0) is 9.47 Å². The van der Waals surface area contributed by atoms with Gasteiger partial charge in [0.1, 0.15) is 17.0 Å². The third-order valence-corrected chi connectivity index (χ3v) is 2.58. The lowest BCUT2D eigenvalue weighted by Crippen LogP contribution is -2.44. The Morgan fingerprint density at radius 3 is 1.86 bits per heavy atom. The number of hydrogen-bond donors (Lipinski definition) is 0. The second-order valence-electron chi connectivity index (χ2n) is 6.63. The minimum Gasteiger partial charge on any atom is -0.443 e. The van der Waals surface area contributed by atoms with E-state index >= 15 is 0 Å². The molecule has 0 N–H and O–H groups in total. The van der Waals surface area contributed by atoms with Crippen LogP contribution in [0.25, 0.3) is 0 Å². The molecule has 0 saturated heterocycles. The maximum atomic E-state index is 12.3. The largest absolute Gasteiger partial charge is 0.443 e. The summed E-state index contributed by atoms with van der Waals surface area (Å²) in [6, 6.07) is 3.22. The Morgan fingerprint density at radius 1 is 1.05 bits per heavy atom. The fourth-order valence-electron chi connectivity index (χ4n) is 1.39. The Balaban J connectivity index is 3.15. The van der Waals surface area contributed by atoms with Crippen molar-refractivity contribution in [3.8, 4) is 0 Å². The van der Waals surface area contributed by atoms with E-state index in [-0.39, 0.29) is 5.82 Å². The van der Waals surface area contributed by atoms with Crippen LogP contribution in [0.2, 0.25) is 0 Å². The number of ether oxygens (including phenoxy) is 2. The van der Waals surface area contributed by atoms with Gasteiger partial charge >= 0.3 is 12.2 Å². The lowest BCUT2D eigenvalue weighted by atomic mass is 10.2. The lowest BCUT2D eigenvalue weighted by molar-refractivity contribution is 0.0429. The second kappa shape index (κ2) is 6.64. The van der Waals surface area contributed by atoms with Crippen molar-refractivity contribution in [2.75, 3.05) is 4.90 Å². The molecule has 0 bridgehead atoms. The van der Waals surface area contributed by atoms with Gasteiger partial charge in [0.2, 0.25) is 0 Å². The summed E-state index contributed by atoms with van der Waals surface area (Å²) in [6.45, 7) is 10.3. The second-order valence-corrected chi connectivity index (χ2v) is 7.54. The van der Waals surface area contributed by atoms with Crippen molar-refractivity contribution in [1.82, 2.24) is 4.98 Å². The van der Waals surface area contributed by atoms with Crippen LogP contribution in [0.1, 0.15) is 41.5 Å². The Kier molecular flexibility index (Phi) is 5.56. The molecule has 0 spiro atoms. The summed E-state index contributed by atoms with van der Waals surface area (Å²) in [5.41, 5.74) is -1.49. The van der Waals surface area contributed by atoms with Crippen molar-refractivity contribution >= 4 is 33.9 Å². The monoisotopic (exact) mass is 372 g/mol. The number of carbonyl (C=O) groups excluding carboxylic acids is 2. The third kappa shape index (κ3) is 6.01. The van der Waals surface area contributed by atoms with Gasteiger partial charge in [-0.1, -0.05) is 15.9 Å². The first-order valence-electron chi connectivity index (χ1n) is 6.77. The summed E-state index contributed by atoms with van der Waals surface area (Å²) < 4.78 is 11.2. The summed E-state index contributed by atoms with van der Waals surface area (Å²) in [5, 5.41) is 0. The van der Waals surface area contributed by atoms with E-state index in [4.69, 9.17) is 9.47 Å². The summed E-state index contributed by atoms with van der Waals surface area (Å²) in [7, 11) is 0. The van der Waals surface area contributed by atoms with Crippen LogP contribution < -0.4 is 4.90 Å². The Hall–Kier alpha value is -1.63. The van der Waals surface area contributed by atoms with E-state index in [0.717, 1.165) is 4.90 Å². The minimum absolute atomic E-state index is 0.123. The predicted molar refractivity (Wildman–Crippen MR) is 86.9 cm³/mol. The minimum atomic E-state index is -0.840. The number of rotatable bonds is 1. The average Bonchev–Trinajstić information content (AvgIpc) is 2.23. The normalized spacial score (nSPS) is 11.8. The van der Waals surface area contributed by atoms with Crippen molar-refractivity contribution in [3.63, 3.8) is 0 Å². The molecule has 0 fully saturated rings. The van der Waals surface area contributed by atoms with Crippen molar-refractivity contribution < 1.29 is 19.1 Å². The molecule has 1 rings (SSSR count). The number of carbonyl (C=O) groups is 2. The molecule has 6 nitrogen and oxygen atoms in total. The third-order valence-electron chi connectivity index (χ3n) is 2.09. The van der Waals surface area contributed by atoms with Crippen LogP contribution >= 0.6 is 15.9 Å². The van der Waals surface area contributed by atoms with Crippen LogP contribution in [0.5, 0.6) is 0 Å². The van der Waals surface area contributed by atoms with Crippen LogP contribution in [-0.4, -0.2) is 28.4 Å². The first-order chi connectivity index (χ1) is 9.89. The first-order valence-corrected chi connectivity index (χ1v) is 7.56. The molecule has 2 amide bonds. The number of imide groups is 1. The zero-order chi connectivity index (χ0) is 17.1. The standard InChI is InChI=1S/C15H21BrN2O4/c1-14(2,3)21-12(19)18(13(20)22-15(4,5)6)11-9-10(16)7-8-17-11/h7-9H,1-6H3. The van der Waals surface area contributed by atoms with E-state index in [1.807, 2.05) is 0 Å². The molecule has 122 valence electrons. The SMILES string of the molecule is CC(C)(C)OC(=O)N(C(=O)OC(C)(C)C)c1cc(Br)ccn1. The highest BCUT2D eigenvalue weighted by atomic mass is 79.9. The zero-order valence-electron chi connectivity index (χ0n) is 13.6. The molecule has 22 heavy (non-hydrogen) atoms. The molecule has 0 aliphatic carbocycles. The van der Waals surface area contributed by atoms with Gasteiger partial charge in [0, 0.05) is 10.7 Å². The Morgan fingerprint density at radius 2 is 1.50 bits per heavy atom. The van der Waals surface area contributed by atoms with Crippen LogP contribution in [0.3, 0.4) is 0 Å². The highest BCUT2D eigenvalue weighted by Crippen LogP contribution is 2.22. The van der Waals surface area contributed by atoms with Gasteiger partial charge in [-0.25, -0.2) is 14.6 Å². The molecule has 0 atom stereocenters. The van der Waals surface area contributed by atoms with E-state index in [9.17, 15) is 9.59 Å². The molecule has 0 unspecified atom stereocenters. The van der Waals surface area contributed by atoms with Crippen molar-refractivity contribution in [1.29, 1.82) is 0 Å². The molecule has 0 aromatic carbocycles. The number of pyridine rings is 1. The number of amides is 2. The molecule has 0 saturated carbocycles. The van der Waals surface area contributed by atoms with Gasteiger partial charge in [0.25, 0.3) is 0 Å². The molecule has 0 radical (unpaired) electrons.